The Morgan fingerprint density at radius 3 is 2.89 bits per heavy atom. The first-order chi connectivity index (χ1) is 8.47. The summed E-state index contributed by atoms with van der Waals surface area (Å²) in [5.74, 6) is 0.594. The highest BCUT2D eigenvalue weighted by molar-refractivity contribution is 5.05. The van der Waals surface area contributed by atoms with Crippen LogP contribution in [0, 0.1) is 5.92 Å². The molecule has 0 amide bonds. The third-order valence-corrected chi connectivity index (χ3v) is 3.53. The average molecular weight is 251 g/mol. The van der Waals surface area contributed by atoms with Crippen LogP contribution in [-0.4, -0.2) is 29.0 Å². The van der Waals surface area contributed by atoms with Gasteiger partial charge in [-0.2, -0.15) is 5.10 Å². The fraction of sp³-hybridized carbons (Fsp3) is 0.786. The predicted octanol–water partition coefficient (Wildman–Crippen LogP) is 2.15. The Bertz CT molecular complexity index is 381. The van der Waals surface area contributed by atoms with E-state index in [0.717, 1.165) is 26.2 Å². The lowest BCUT2D eigenvalue weighted by molar-refractivity contribution is 0.0386. The summed E-state index contributed by atoms with van der Waals surface area (Å²) in [6.07, 6.45) is 5.20. The molecule has 1 aliphatic heterocycles. The summed E-state index contributed by atoms with van der Waals surface area (Å²) in [6, 6.07) is 0.566. The van der Waals surface area contributed by atoms with Crippen LogP contribution in [0.25, 0.3) is 0 Å². The van der Waals surface area contributed by atoms with Crippen LogP contribution in [0.1, 0.15) is 39.7 Å². The number of nitrogens with zero attached hydrogens (tertiary/aromatic N) is 2. The zero-order chi connectivity index (χ0) is 13.2. The van der Waals surface area contributed by atoms with E-state index in [1.165, 1.54) is 5.56 Å². The Morgan fingerprint density at radius 2 is 2.28 bits per heavy atom. The minimum absolute atomic E-state index is 0.0597. The maximum Gasteiger partial charge on any atom is 0.0543 e. The minimum atomic E-state index is 0.0597. The number of hydrogen-bond acceptors (Lipinski definition) is 3. The van der Waals surface area contributed by atoms with Gasteiger partial charge in [0.05, 0.1) is 18.3 Å². The molecular weight excluding hydrogens is 226 g/mol. The van der Waals surface area contributed by atoms with Gasteiger partial charge >= 0.3 is 0 Å². The second kappa shape index (κ2) is 5.41. The summed E-state index contributed by atoms with van der Waals surface area (Å²) < 4.78 is 7.48. The van der Waals surface area contributed by atoms with Crippen LogP contribution in [0.2, 0.25) is 0 Å². The average Bonchev–Trinajstić information content (AvgIpc) is 2.76. The summed E-state index contributed by atoms with van der Waals surface area (Å²) in [7, 11) is 0. The Balaban J connectivity index is 1.88. The Labute approximate surface area is 110 Å². The van der Waals surface area contributed by atoms with Crippen LogP contribution in [0.3, 0.4) is 0 Å². The van der Waals surface area contributed by atoms with E-state index in [9.17, 15) is 0 Å². The number of rotatable bonds is 3. The van der Waals surface area contributed by atoms with Gasteiger partial charge in [-0.25, -0.2) is 0 Å². The lowest BCUT2D eigenvalue weighted by atomic mass is 9.98. The summed E-state index contributed by atoms with van der Waals surface area (Å²) in [4.78, 5) is 0. The topological polar surface area (TPSA) is 39.1 Å². The largest absolute Gasteiger partial charge is 0.381 e. The number of nitrogens with one attached hydrogen (secondary N) is 1. The zero-order valence-corrected chi connectivity index (χ0v) is 11.9. The molecule has 2 heterocycles. The minimum Gasteiger partial charge on any atom is -0.381 e. The molecule has 102 valence electrons. The third-order valence-electron chi connectivity index (χ3n) is 3.53. The molecule has 1 saturated heterocycles. The molecule has 2 rings (SSSR count). The maximum absolute atomic E-state index is 5.46. The highest BCUT2D eigenvalue weighted by atomic mass is 16.5. The molecule has 0 saturated carbocycles. The summed E-state index contributed by atoms with van der Waals surface area (Å²) in [5, 5.41) is 8.04. The van der Waals surface area contributed by atoms with E-state index in [1.807, 2.05) is 10.9 Å². The van der Waals surface area contributed by atoms with Crippen molar-refractivity contribution in [3.05, 3.63) is 18.0 Å². The van der Waals surface area contributed by atoms with Crippen molar-refractivity contribution in [3.63, 3.8) is 0 Å². The standard InChI is InChI=1S/C14H25N3O/c1-11-10-18-6-5-13(11)15-7-12-8-16-17(9-12)14(2,3)4/h8-9,11,13,15H,5-7,10H2,1-4H3. The predicted molar refractivity (Wildman–Crippen MR) is 72.5 cm³/mol. The monoisotopic (exact) mass is 251 g/mol. The van der Waals surface area contributed by atoms with Crippen molar-refractivity contribution in [1.82, 2.24) is 15.1 Å². The van der Waals surface area contributed by atoms with E-state index in [4.69, 9.17) is 4.74 Å². The Hall–Kier alpha value is -0.870. The van der Waals surface area contributed by atoms with Gasteiger partial charge in [0.15, 0.2) is 0 Å². The van der Waals surface area contributed by atoms with E-state index < -0.39 is 0 Å². The van der Waals surface area contributed by atoms with Crippen molar-refractivity contribution in [2.24, 2.45) is 5.92 Å². The molecule has 4 heteroatoms. The van der Waals surface area contributed by atoms with Crippen LogP contribution in [-0.2, 0) is 16.8 Å². The molecule has 0 radical (unpaired) electrons. The third kappa shape index (κ3) is 3.33. The van der Waals surface area contributed by atoms with Crippen LogP contribution in [0.4, 0.5) is 0 Å². The van der Waals surface area contributed by atoms with E-state index in [1.54, 1.807) is 0 Å². The van der Waals surface area contributed by atoms with E-state index in [0.29, 0.717) is 12.0 Å². The van der Waals surface area contributed by atoms with Crippen LogP contribution in [0.15, 0.2) is 12.4 Å². The van der Waals surface area contributed by atoms with Gasteiger partial charge in [0.2, 0.25) is 0 Å². The first kappa shape index (κ1) is 13.6. The van der Waals surface area contributed by atoms with Crippen molar-refractivity contribution < 1.29 is 4.74 Å². The van der Waals surface area contributed by atoms with Gasteiger partial charge in [-0.05, 0) is 33.1 Å². The number of ether oxygens (including phenoxy) is 1. The molecule has 18 heavy (non-hydrogen) atoms. The van der Waals surface area contributed by atoms with E-state index in [-0.39, 0.29) is 5.54 Å². The van der Waals surface area contributed by atoms with E-state index in [2.05, 4.69) is 44.3 Å². The fourth-order valence-electron chi connectivity index (χ4n) is 2.25. The van der Waals surface area contributed by atoms with Crippen molar-refractivity contribution >= 4 is 0 Å². The maximum atomic E-state index is 5.46. The lowest BCUT2D eigenvalue weighted by Gasteiger charge is -2.29. The molecule has 1 aromatic rings. The fourth-order valence-corrected chi connectivity index (χ4v) is 2.25. The molecule has 1 aromatic heterocycles. The second-order valence-electron chi connectivity index (χ2n) is 6.29. The smallest absolute Gasteiger partial charge is 0.0543 e. The highest BCUT2D eigenvalue weighted by Gasteiger charge is 2.21. The molecule has 0 aliphatic carbocycles. The molecule has 0 spiro atoms. The summed E-state index contributed by atoms with van der Waals surface area (Å²) >= 11 is 0. The molecule has 1 aliphatic rings. The van der Waals surface area contributed by atoms with Crippen LogP contribution < -0.4 is 5.32 Å². The highest BCUT2D eigenvalue weighted by Crippen LogP contribution is 2.16. The summed E-state index contributed by atoms with van der Waals surface area (Å²) in [6.45, 7) is 11.4. The van der Waals surface area contributed by atoms with Crippen molar-refractivity contribution in [3.8, 4) is 0 Å². The molecule has 0 aromatic carbocycles. The Morgan fingerprint density at radius 1 is 1.50 bits per heavy atom. The quantitative estimate of drug-likeness (QED) is 0.894. The number of aromatic nitrogens is 2. The molecule has 1 fully saturated rings. The van der Waals surface area contributed by atoms with E-state index >= 15 is 0 Å². The van der Waals surface area contributed by atoms with Gasteiger partial charge in [-0.15, -0.1) is 0 Å². The van der Waals surface area contributed by atoms with Gasteiger partial charge in [-0.3, -0.25) is 4.68 Å². The first-order valence-electron chi connectivity index (χ1n) is 6.82. The van der Waals surface area contributed by atoms with Crippen LogP contribution >= 0.6 is 0 Å². The van der Waals surface area contributed by atoms with Gasteiger partial charge in [0.1, 0.15) is 0 Å². The van der Waals surface area contributed by atoms with Crippen molar-refractivity contribution in [2.45, 2.75) is 52.2 Å². The summed E-state index contributed by atoms with van der Waals surface area (Å²) in [5.41, 5.74) is 1.31. The molecule has 1 N–H and O–H groups in total. The van der Waals surface area contributed by atoms with Gasteiger partial charge < -0.3 is 10.1 Å². The zero-order valence-electron chi connectivity index (χ0n) is 11.9. The lowest BCUT2D eigenvalue weighted by Crippen LogP contribution is -2.40. The number of hydrogen-bond donors (Lipinski definition) is 1. The second-order valence-corrected chi connectivity index (χ2v) is 6.29. The van der Waals surface area contributed by atoms with Crippen molar-refractivity contribution in [2.75, 3.05) is 13.2 Å². The molecule has 2 unspecified atom stereocenters. The first-order valence-corrected chi connectivity index (χ1v) is 6.82. The normalized spacial score (nSPS) is 25.3. The van der Waals surface area contributed by atoms with Gasteiger partial charge in [0, 0.05) is 31.0 Å². The van der Waals surface area contributed by atoms with Gasteiger partial charge in [-0.1, -0.05) is 6.92 Å². The molecule has 4 nitrogen and oxygen atoms in total. The molecular formula is C14H25N3O. The van der Waals surface area contributed by atoms with Crippen molar-refractivity contribution in [1.29, 1.82) is 0 Å². The van der Waals surface area contributed by atoms with Crippen LogP contribution in [0.5, 0.6) is 0 Å². The molecule has 2 atom stereocenters. The SMILES string of the molecule is CC1COCCC1NCc1cnn(C(C)(C)C)c1. The molecule has 0 bridgehead atoms. The Kier molecular flexibility index (Phi) is 4.07. The van der Waals surface area contributed by atoms with Gasteiger partial charge in [0.25, 0.3) is 0 Å².